The summed E-state index contributed by atoms with van der Waals surface area (Å²) in [7, 11) is 1.74. The molecule has 0 unspecified atom stereocenters. The first kappa shape index (κ1) is 20.8. The summed E-state index contributed by atoms with van der Waals surface area (Å²) in [5.41, 5.74) is 3.28. The molecule has 0 saturated carbocycles. The lowest BCUT2D eigenvalue weighted by atomic mass is 10.1. The van der Waals surface area contributed by atoms with Crippen molar-refractivity contribution in [3.05, 3.63) is 76.1 Å². The first-order chi connectivity index (χ1) is 14.9. The van der Waals surface area contributed by atoms with E-state index in [1.54, 1.807) is 22.7 Å². The third-order valence-electron chi connectivity index (χ3n) is 5.03. The third kappa shape index (κ3) is 4.36. The van der Waals surface area contributed by atoms with Crippen LogP contribution >= 0.6 is 11.8 Å². The van der Waals surface area contributed by atoms with Crippen LogP contribution in [0.15, 0.2) is 64.5 Å². The molecule has 2 heterocycles. The van der Waals surface area contributed by atoms with E-state index in [0.717, 1.165) is 27.7 Å². The van der Waals surface area contributed by atoms with Crippen molar-refractivity contribution in [1.82, 2.24) is 30.1 Å². The molecule has 4 rings (SSSR count). The largest absolute Gasteiger partial charge is 0.340 e. The van der Waals surface area contributed by atoms with Gasteiger partial charge in [-0.2, -0.15) is 4.68 Å². The lowest BCUT2D eigenvalue weighted by Crippen LogP contribution is -2.33. The molecule has 4 aromatic rings. The van der Waals surface area contributed by atoms with Gasteiger partial charge in [-0.25, -0.2) is 0 Å². The number of pyridine rings is 1. The number of aryl methyl sites for hydroxylation is 1. The maximum Gasteiger partial charge on any atom is 0.248 e. The number of nitrogens with zero attached hydrogens (tertiary/aromatic N) is 5. The minimum Gasteiger partial charge on any atom is -0.340 e. The van der Waals surface area contributed by atoms with E-state index in [1.807, 2.05) is 62.4 Å². The molecular formula is C22H22N6O2S. The van der Waals surface area contributed by atoms with E-state index < -0.39 is 5.25 Å². The van der Waals surface area contributed by atoms with Gasteiger partial charge in [-0.3, -0.25) is 9.59 Å². The topological polar surface area (TPSA) is 96.8 Å². The molecule has 0 aliphatic rings. The Morgan fingerprint density at radius 2 is 1.94 bits per heavy atom. The van der Waals surface area contributed by atoms with Gasteiger partial charge in [0.15, 0.2) is 0 Å². The number of fused-ring (bicyclic) bond motifs is 1. The number of carbonyl (C=O) groups is 1. The fourth-order valence-corrected chi connectivity index (χ4v) is 4.38. The Morgan fingerprint density at radius 3 is 2.74 bits per heavy atom. The van der Waals surface area contributed by atoms with Crippen molar-refractivity contribution in [1.29, 1.82) is 0 Å². The van der Waals surface area contributed by atoms with Crippen molar-refractivity contribution in [2.45, 2.75) is 30.8 Å². The number of aromatic nitrogens is 5. The number of rotatable bonds is 6. The summed E-state index contributed by atoms with van der Waals surface area (Å²) in [4.78, 5) is 29.5. The molecule has 0 bridgehead atoms. The van der Waals surface area contributed by atoms with Gasteiger partial charge in [0.1, 0.15) is 0 Å². The summed E-state index contributed by atoms with van der Waals surface area (Å²) < 4.78 is 1.65. The number of tetrazole rings is 1. The highest BCUT2D eigenvalue weighted by molar-refractivity contribution is 8.00. The number of hydrogen-bond acceptors (Lipinski definition) is 6. The van der Waals surface area contributed by atoms with E-state index in [0.29, 0.717) is 11.7 Å². The Bertz CT molecular complexity index is 1300. The smallest absolute Gasteiger partial charge is 0.248 e. The summed E-state index contributed by atoms with van der Waals surface area (Å²) in [6.45, 7) is 4.15. The zero-order valence-corrected chi connectivity index (χ0v) is 18.3. The highest BCUT2D eigenvalue weighted by atomic mass is 32.2. The van der Waals surface area contributed by atoms with Crippen LogP contribution < -0.4 is 5.56 Å². The van der Waals surface area contributed by atoms with Crippen molar-refractivity contribution in [2.75, 3.05) is 7.05 Å². The van der Waals surface area contributed by atoms with E-state index in [9.17, 15) is 9.59 Å². The standard InChI is InChI=1S/C22H22N6O2S/c1-14-8-4-7-11-19(14)28-22(24-25-26-28)31-15(2)21(30)27(3)13-16-12-20(29)23-18-10-6-5-9-17(16)18/h4-12,15H,13H2,1-3H3,(H,23,29)/t15-/m0/s1. The van der Waals surface area contributed by atoms with Crippen LogP contribution in [0.25, 0.3) is 16.6 Å². The van der Waals surface area contributed by atoms with E-state index in [-0.39, 0.29) is 11.5 Å². The van der Waals surface area contributed by atoms with Crippen LogP contribution in [0.3, 0.4) is 0 Å². The van der Waals surface area contributed by atoms with Crippen molar-refractivity contribution in [3.63, 3.8) is 0 Å². The van der Waals surface area contributed by atoms with Crippen LogP contribution in [-0.2, 0) is 11.3 Å². The molecule has 0 spiro atoms. The Balaban J connectivity index is 1.52. The zero-order chi connectivity index (χ0) is 22.0. The molecule has 2 aromatic heterocycles. The van der Waals surface area contributed by atoms with Gasteiger partial charge >= 0.3 is 0 Å². The van der Waals surface area contributed by atoms with Crippen LogP contribution in [-0.4, -0.2) is 48.3 Å². The van der Waals surface area contributed by atoms with Gasteiger partial charge in [0.25, 0.3) is 0 Å². The Hall–Kier alpha value is -3.46. The minimum absolute atomic E-state index is 0.0753. The number of aromatic amines is 1. The first-order valence-electron chi connectivity index (χ1n) is 9.81. The molecule has 31 heavy (non-hydrogen) atoms. The molecule has 0 radical (unpaired) electrons. The van der Waals surface area contributed by atoms with Gasteiger partial charge in [0.2, 0.25) is 16.6 Å². The summed E-state index contributed by atoms with van der Waals surface area (Å²) in [5.74, 6) is -0.0753. The second kappa shape index (κ2) is 8.73. The highest BCUT2D eigenvalue weighted by Gasteiger charge is 2.23. The average Bonchev–Trinajstić information content (AvgIpc) is 3.21. The van der Waals surface area contributed by atoms with Crippen LogP contribution in [0.1, 0.15) is 18.1 Å². The van der Waals surface area contributed by atoms with Crippen LogP contribution in [0.5, 0.6) is 0 Å². The predicted molar refractivity (Wildman–Crippen MR) is 120 cm³/mol. The van der Waals surface area contributed by atoms with Crippen LogP contribution in [0.4, 0.5) is 0 Å². The van der Waals surface area contributed by atoms with Gasteiger partial charge in [-0.05, 0) is 47.5 Å². The van der Waals surface area contributed by atoms with Gasteiger partial charge in [0.05, 0.1) is 10.9 Å². The number of H-pyrrole nitrogens is 1. The van der Waals surface area contributed by atoms with Crippen molar-refractivity contribution in [3.8, 4) is 5.69 Å². The molecule has 0 aliphatic carbocycles. The molecule has 1 N–H and O–H groups in total. The molecule has 9 heteroatoms. The van der Waals surface area contributed by atoms with Crippen molar-refractivity contribution < 1.29 is 4.79 Å². The molecule has 2 aromatic carbocycles. The lowest BCUT2D eigenvalue weighted by molar-refractivity contribution is -0.129. The molecule has 1 atom stereocenters. The summed E-state index contributed by atoms with van der Waals surface area (Å²) in [6, 6.07) is 16.9. The second-order valence-corrected chi connectivity index (χ2v) is 8.63. The summed E-state index contributed by atoms with van der Waals surface area (Å²) in [5, 5.41) is 13.0. The van der Waals surface area contributed by atoms with Gasteiger partial charge in [-0.15, -0.1) is 5.10 Å². The number of hydrogen-bond donors (Lipinski definition) is 1. The highest BCUT2D eigenvalue weighted by Crippen LogP contribution is 2.26. The number of para-hydroxylation sites is 2. The fraction of sp³-hybridized carbons (Fsp3) is 0.227. The fourth-order valence-electron chi connectivity index (χ4n) is 3.46. The normalized spacial score (nSPS) is 12.1. The number of thioether (sulfide) groups is 1. The van der Waals surface area contributed by atoms with Crippen molar-refractivity contribution >= 4 is 28.6 Å². The maximum absolute atomic E-state index is 13.1. The number of nitrogens with one attached hydrogen (secondary N) is 1. The van der Waals surface area contributed by atoms with E-state index in [4.69, 9.17) is 0 Å². The Kier molecular flexibility index (Phi) is 5.85. The predicted octanol–water partition coefficient (Wildman–Crippen LogP) is 2.95. The van der Waals surface area contributed by atoms with E-state index in [1.165, 1.54) is 11.8 Å². The van der Waals surface area contributed by atoms with E-state index >= 15 is 0 Å². The summed E-state index contributed by atoms with van der Waals surface area (Å²) >= 11 is 1.30. The van der Waals surface area contributed by atoms with Crippen LogP contribution in [0.2, 0.25) is 0 Å². The molecule has 1 amide bonds. The van der Waals surface area contributed by atoms with Crippen LogP contribution in [0, 0.1) is 6.92 Å². The lowest BCUT2D eigenvalue weighted by Gasteiger charge is -2.21. The zero-order valence-electron chi connectivity index (χ0n) is 17.4. The number of benzene rings is 2. The third-order valence-corrected chi connectivity index (χ3v) is 6.06. The van der Waals surface area contributed by atoms with Gasteiger partial charge in [-0.1, -0.05) is 48.2 Å². The molecular weight excluding hydrogens is 412 g/mol. The Morgan fingerprint density at radius 1 is 1.19 bits per heavy atom. The molecule has 8 nitrogen and oxygen atoms in total. The molecule has 158 valence electrons. The van der Waals surface area contributed by atoms with E-state index in [2.05, 4.69) is 20.5 Å². The quantitative estimate of drug-likeness (QED) is 0.469. The first-order valence-corrected chi connectivity index (χ1v) is 10.7. The molecule has 0 fully saturated rings. The monoisotopic (exact) mass is 434 g/mol. The number of carbonyl (C=O) groups excluding carboxylic acids is 1. The average molecular weight is 435 g/mol. The minimum atomic E-state index is -0.410. The van der Waals surface area contributed by atoms with Gasteiger partial charge < -0.3 is 9.88 Å². The second-order valence-electron chi connectivity index (χ2n) is 7.32. The molecule has 0 saturated heterocycles. The Labute approximate surface area is 183 Å². The maximum atomic E-state index is 13.1. The SMILES string of the molecule is Cc1ccccc1-n1nnnc1S[C@@H](C)C(=O)N(C)Cc1cc(=O)[nH]c2ccccc12. The molecule has 0 aliphatic heterocycles. The summed E-state index contributed by atoms with van der Waals surface area (Å²) in [6.07, 6.45) is 0. The van der Waals surface area contributed by atoms with Crippen molar-refractivity contribution in [2.24, 2.45) is 0 Å². The number of amides is 1. The van der Waals surface area contributed by atoms with Gasteiger partial charge in [0, 0.05) is 30.6 Å².